The van der Waals surface area contributed by atoms with Gasteiger partial charge < -0.3 is 4.74 Å². The normalized spacial score (nSPS) is 11.6. The fourth-order valence-electron chi connectivity index (χ4n) is 1.58. The number of carbonyl (C=O) groups is 1. The summed E-state index contributed by atoms with van der Waals surface area (Å²) in [6, 6.07) is 4.92. The van der Waals surface area contributed by atoms with Crippen molar-refractivity contribution in [3.05, 3.63) is 30.3 Å². The van der Waals surface area contributed by atoms with Gasteiger partial charge >= 0.3 is 6.16 Å². The Balaban J connectivity index is 1.98. The van der Waals surface area contributed by atoms with Gasteiger partial charge in [-0.3, -0.25) is 4.84 Å². The Morgan fingerprint density at radius 1 is 1.40 bits per heavy atom. The first kappa shape index (κ1) is 14.5. The largest absolute Gasteiger partial charge is 0.533 e. The third-order valence-electron chi connectivity index (χ3n) is 2.72. The molecule has 0 spiro atoms. The molecule has 0 unspecified atom stereocenters. The third-order valence-corrected chi connectivity index (χ3v) is 4.43. The van der Waals surface area contributed by atoms with E-state index in [4.69, 9.17) is 9.57 Å². The Labute approximate surface area is 117 Å². The maximum Gasteiger partial charge on any atom is 0.533 e. The van der Waals surface area contributed by atoms with Crippen LogP contribution in [0.1, 0.15) is 0 Å². The minimum Gasteiger partial charge on any atom is -0.436 e. The van der Waals surface area contributed by atoms with E-state index in [-0.39, 0.29) is 0 Å². The van der Waals surface area contributed by atoms with E-state index >= 15 is 0 Å². The molecule has 20 heavy (non-hydrogen) atoms. The summed E-state index contributed by atoms with van der Waals surface area (Å²) in [4.78, 5) is 20.5. The highest BCUT2D eigenvalue weighted by atomic mass is 28.3. The summed E-state index contributed by atoms with van der Waals surface area (Å²) in [5.74, 6) is -0.421. The monoisotopic (exact) mass is 296 g/mol. The maximum absolute atomic E-state index is 13.2. The summed E-state index contributed by atoms with van der Waals surface area (Å²) >= 11 is 0. The molecule has 2 rings (SSSR count). The number of rotatable bonds is 4. The van der Waals surface area contributed by atoms with Gasteiger partial charge in [0.1, 0.15) is 17.7 Å². The van der Waals surface area contributed by atoms with Crippen molar-refractivity contribution in [2.45, 2.75) is 25.7 Å². The van der Waals surface area contributed by atoms with Gasteiger partial charge in [0.2, 0.25) is 0 Å². The van der Waals surface area contributed by atoms with E-state index in [1.165, 1.54) is 24.5 Å². The molecule has 1 heterocycles. The van der Waals surface area contributed by atoms with Crippen LogP contribution in [0.25, 0.3) is 11.0 Å². The van der Waals surface area contributed by atoms with Crippen LogP contribution < -0.4 is 4.84 Å². The van der Waals surface area contributed by atoms with Crippen LogP contribution in [0.4, 0.5) is 9.18 Å². The first-order valence-corrected chi connectivity index (χ1v) is 10.0. The fourth-order valence-corrected chi connectivity index (χ4v) is 2.29. The molecule has 1 aromatic heterocycles. The number of imidazole rings is 1. The van der Waals surface area contributed by atoms with E-state index < -0.39 is 20.0 Å². The lowest BCUT2D eigenvalue weighted by Gasteiger charge is -2.26. The first-order valence-electron chi connectivity index (χ1n) is 6.33. The molecule has 5 nitrogen and oxygen atoms in total. The second kappa shape index (κ2) is 5.62. The molecule has 1 aromatic carbocycles. The van der Waals surface area contributed by atoms with Gasteiger partial charge in [0, 0.05) is 6.07 Å². The highest BCUT2D eigenvalue weighted by Gasteiger charge is 2.11. The number of fused-ring (bicyclic) bond motifs is 1. The van der Waals surface area contributed by atoms with Gasteiger partial charge in [-0.15, -0.1) is 14.1 Å². The molecule has 0 N–H and O–H groups in total. The summed E-state index contributed by atoms with van der Waals surface area (Å²) in [5.41, 5.74) is 0.924. The Bertz CT molecular complexity index is 622. The third kappa shape index (κ3) is 3.80. The molecule has 0 saturated carbocycles. The number of halogens is 1. The van der Waals surface area contributed by atoms with Crippen molar-refractivity contribution in [3.63, 3.8) is 0 Å². The van der Waals surface area contributed by atoms with Crippen molar-refractivity contribution >= 4 is 25.3 Å². The minimum absolute atomic E-state index is 0.329. The van der Waals surface area contributed by atoms with Gasteiger partial charge in [-0.05, 0) is 12.1 Å². The van der Waals surface area contributed by atoms with Gasteiger partial charge in [-0.2, -0.15) is 24.4 Å². The molecule has 0 fully saturated rings. The molecule has 0 atom stereocenters. The smallest absolute Gasteiger partial charge is 0.436 e. The SMILES string of the molecule is C[Si-](C)(C)CCOC(=O)On1cnc2ccc(F)cc21. The van der Waals surface area contributed by atoms with Crippen LogP contribution in [-0.4, -0.2) is 30.6 Å². The number of nitrogens with zero attached hydrogens (tertiary/aromatic N) is 2. The molecule has 0 aliphatic carbocycles. The minimum atomic E-state index is -1.26. The van der Waals surface area contributed by atoms with Crippen molar-refractivity contribution in [2.75, 3.05) is 6.61 Å². The topological polar surface area (TPSA) is 53.4 Å². The summed E-state index contributed by atoms with van der Waals surface area (Å²) in [5, 5.41) is 0. The predicted molar refractivity (Wildman–Crippen MR) is 75.8 cm³/mol. The molecule has 0 saturated heterocycles. The van der Waals surface area contributed by atoms with Crippen LogP contribution >= 0.6 is 0 Å². The average Bonchev–Trinajstić information content (AvgIpc) is 2.70. The Kier molecular flexibility index (Phi) is 4.08. The van der Waals surface area contributed by atoms with Crippen LogP contribution in [0.2, 0.25) is 25.7 Å². The fraction of sp³-hybridized carbons (Fsp3) is 0.385. The number of ether oxygens (including phenoxy) is 1. The summed E-state index contributed by atoms with van der Waals surface area (Å²) in [7, 11) is -1.26. The average molecular weight is 296 g/mol. The molecular weight excluding hydrogens is 279 g/mol. The molecule has 109 valence electrons. The lowest BCUT2D eigenvalue weighted by Crippen LogP contribution is -2.25. The lowest BCUT2D eigenvalue weighted by molar-refractivity contribution is 0.0544. The Morgan fingerprint density at radius 3 is 2.85 bits per heavy atom. The standard InChI is InChI=1S/C13H17FN2O3Si/c1-20(2,3)7-6-18-13(17)19-16-9-15-11-5-4-10(14)8-12(11)16/h4-5,8-9H,6-7H2,1-3H3/q-1. The molecule has 7 heteroatoms. The molecule has 0 bridgehead atoms. The van der Waals surface area contributed by atoms with Gasteiger partial charge in [-0.25, -0.2) is 14.2 Å². The molecule has 0 amide bonds. The zero-order valence-corrected chi connectivity index (χ0v) is 12.7. The quantitative estimate of drug-likeness (QED) is 0.642. The number of carbonyl (C=O) groups excluding carboxylic acids is 1. The van der Waals surface area contributed by atoms with Gasteiger partial charge in [0.25, 0.3) is 0 Å². The van der Waals surface area contributed by atoms with Gasteiger partial charge in [0.05, 0.1) is 12.1 Å². The summed E-state index contributed by atoms with van der Waals surface area (Å²) in [6.45, 7) is 6.89. The van der Waals surface area contributed by atoms with Crippen molar-refractivity contribution in [1.82, 2.24) is 9.71 Å². The van der Waals surface area contributed by atoms with Crippen molar-refractivity contribution in [2.24, 2.45) is 0 Å². The van der Waals surface area contributed by atoms with Crippen molar-refractivity contribution < 1.29 is 18.8 Å². The Hall–Kier alpha value is -1.89. The maximum atomic E-state index is 13.2. The number of aromatic nitrogens is 2. The highest BCUT2D eigenvalue weighted by molar-refractivity contribution is 6.76. The van der Waals surface area contributed by atoms with E-state index in [0.29, 0.717) is 17.6 Å². The number of hydrogen-bond donors (Lipinski definition) is 0. The van der Waals surface area contributed by atoms with Crippen LogP contribution in [0, 0.1) is 5.82 Å². The zero-order chi connectivity index (χ0) is 14.8. The molecule has 0 aliphatic rings. The van der Waals surface area contributed by atoms with Crippen molar-refractivity contribution in [1.29, 1.82) is 0 Å². The van der Waals surface area contributed by atoms with Crippen LogP contribution in [0.3, 0.4) is 0 Å². The number of hydrogen-bond acceptors (Lipinski definition) is 4. The number of benzene rings is 1. The van der Waals surface area contributed by atoms with E-state index in [1.807, 2.05) is 0 Å². The summed E-state index contributed by atoms with van der Waals surface area (Å²) < 4.78 is 19.3. The lowest BCUT2D eigenvalue weighted by atomic mass is 10.3. The van der Waals surface area contributed by atoms with Crippen molar-refractivity contribution in [3.8, 4) is 0 Å². The molecular formula is C13H17FN2O3Si-. The Morgan fingerprint density at radius 2 is 2.15 bits per heavy atom. The van der Waals surface area contributed by atoms with Gasteiger partial charge in [0.15, 0.2) is 0 Å². The van der Waals surface area contributed by atoms with E-state index in [0.717, 1.165) is 10.8 Å². The predicted octanol–water partition coefficient (Wildman–Crippen LogP) is 3.08. The highest BCUT2D eigenvalue weighted by Crippen LogP contribution is 2.13. The molecule has 0 radical (unpaired) electrons. The zero-order valence-electron chi connectivity index (χ0n) is 11.7. The van der Waals surface area contributed by atoms with Crippen LogP contribution in [0.15, 0.2) is 24.5 Å². The van der Waals surface area contributed by atoms with E-state index in [1.54, 1.807) is 0 Å². The van der Waals surface area contributed by atoms with Crippen LogP contribution in [-0.2, 0) is 4.74 Å². The second-order valence-electron chi connectivity index (χ2n) is 5.70. The van der Waals surface area contributed by atoms with Gasteiger partial charge in [-0.1, -0.05) is 0 Å². The molecule has 0 aliphatic heterocycles. The second-order valence-corrected chi connectivity index (χ2v) is 11.3. The van der Waals surface area contributed by atoms with E-state index in [2.05, 4.69) is 24.6 Å². The summed E-state index contributed by atoms with van der Waals surface area (Å²) in [6.07, 6.45) is 0.496. The van der Waals surface area contributed by atoms with E-state index in [9.17, 15) is 9.18 Å². The first-order chi connectivity index (χ1) is 9.35. The molecule has 2 aromatic rings. The van der Waals surface area contributed by atoms with Crippen LogP contribution in [0.5, 0.6) is 0 Å².